The third kappa shape index (κ3) is 3.74. The molecule has 23 heavy (non-hydrogen) atoms. The maximum Gasteiger partial charge on any atom is 0.354 e. The van der Waals surface area contributed by atoms with Crippen LogP contribution in [0.3, 0.4) is 0 Å². The van der Waals surface area contributed by atoms with E-state index in [1.54, 1.807) is 12.1 Å². The summed E-state index contributed by atoms with van der Waals surface area (Å²) in [6, 6.07) is 22.3. The molecular formula is C19H15NO3. The molecule has 3 aromatic rings. The van der Waals surface area contributed by atoms with Crippen LogP contribution in [0.15, 0.2) is 72.8 Å². The summed E-state index contributed by atoms with van der Waals surface area (Å²) in [6.45, 7) is 0.507. The lowest BCUT2D eigenvalue weighted by molar-refractivity contribution is 0.0690. The topological polar surface area (TPSA) is 59.4 Å². The fraction of sp³-hybridized carbons (Fsp3) is 0.0526. The first kappa shape index (κ1) is 14.8. The van der Waals surface area contributed by atoms with Crippen LogP contribution in [-0.2, 0) is 6.61 Å². The molecule has 114 valence electrons. The first-order valence-electron chi connectivity index (χ1n) is 7.20. The van der Waals surface area contributed by atoms with Crippen LogP contribution < -0.4 is 4.74 Å². The number of ether oxygens (including phenoxy) is 1. The molecule has 0 fully saturated rings. The summed E-state index contributed by atoms with van der Waals surface area (Å²) in [4.78, 5) is 15.1. The molecule has 0 unspecified atom stereocenters. The maximum atomic E-state index is 11.0. The second-order valence-corrected chi connectivity index (χ2v) is 5.01. The van der Waals surface area contributed by atoms with Gasteiger partial charge in [0, 0.05) is 5.56 Å². The Hall–Kier alpha value is -3.14. The number of aromatic carboxylic acids is 1. The van der Waals surface area contributed by atoms with Crippen LogP contribution in [0.1, 0.15) is 16.1 Å². The van der Waals surface area contributed by atoms with Crippen molar-refractivity contribution in [2.45, 2.75) is 6.61 Å². The Morgan fingerprint density at radius 3 is 2.35 bits per heavy atom. The Morgan fingerprint density at radius 1 is 0.913 bits per heavy atom. The number of carbonyl (C=O) groups is 1. The normalized spacial score (nSPS) is 10.3. The van der Waals surface area contributed by atoms with Gasteiger partial charge in [-0.3, -0.25) is 0 Å². The molecule has 0 aliphatic heterocycles. The monoisotopic (exact) mass is 305 g/mol. The molecule has 0 bridgehead atoms. The Bertz CT molecular complexity index is 798. The van der Waals surface area contributed by atoms with Crippen molar-refractivity contribution in [3.8, 4) is 17.0 Å². The van der Waals surface area contributed by atoms with Crippen molar-refractivity contribution < 1.29 is 14.6 Å². The summed E-state index contributed by atoms with van der Waals surface area (Å²) in [5.41, 5.74) is 2.61. The lowest BCUT2D eigenvalue weighted by Gasteiger charge is -2.07. The summed E-state index contributed by atoms with van der Waals surface area (Å²) < 4.78 is 5.73. The number of carboxylic acids is 1. The molecule has 0 aliphatic rings. The lowest BCUT2D eigenvalue weighted by Crippen LogP contribution is -2.00. The van der Waals surface area contributed by atoms with Crippen molar-refractivity contribution in [3.63, 3.8) is 0 Å². The Balaban J connectivity index is 1.72. The average molecular weight is 305 g/mol. The van der Waals surface area contributed by atoms with Crippen LogP contribution in [0, 0.1) is 0 Å². The molecule has 0 saturated carbocycles. The van der Waals surface area contributed by atoms with Crippen LogP contribution in [0.25, 0.3) is 11.3 Å². The summed E-state index contributed by atoms with van der Waals surface area (Å²) >= 11 is 0. The highest BCUT2D eigenvalue weighted by molar-refractivity contribution is 5.86. The largest absolute Gasteiger partial charge is 0.489 e. The van der Waals surface area contributed by atoms with Crippen molar-refractivity contribution in [1.29, 1.82) is 0 Å². The number of nitrogens with zero attached hydrogens (tertiary/aromatic N) is 1. The van der Waals surface area contributed by atoms with E-state index in [4.69, 9.17) is 9.84 Å². The number of hydrogen-bond donors (Lipinski definition) is 1. The van der Waals surface area contributed by atoms with E-state index in [2.05, 4.69) is 4.98 Å². The highest BCUT2D eigenvalue weighted by Gasteiger charge is 2.06. The van der Waals surface area contributed by atoms with Crippen LogP contribution in [0.2, 0.25) is 0 Å². The third-order valence-corrected chi connectivity index (χ3v) is 3.37. The number of aromatic nitrogens is 1. The first-order chi connectivity index (χ1) is 11.2. The summed E-state index contributed by atoms with van der Waals surface area (Å²) in [5.74, 6) is -0.276. The van der Waals surface area contributed by atoms with Crippen LogP contribution in [0.5, 0.6) is 5.75 Å². The second kappa shape index (κ2) is 6.75. The van der Waals surface area contributed by atoms with E-state index in [9.17, 15) is 4.79 Å². The van der Waals surface area contributed by atoms with Crippen LogP contribution >= 0.6 is 0 Å². The predicted molar refractivity (Wildman–Crippen MR) is 87.4 cm³/mol. The SMILES string of the molecule is O=C(O)c1cccc(-c2ccc(OCc3ccccc3)cc2)n1. The molecule has 4 nitrogen and oxygen atoms in total. The van der Waals surface area contributed by atoms with E-state index in [1.807, 2.05) is 54.6 Å². The van der Waals surface area contributed by atoms with Gasteiger partial charge in [-0.25, -0.2) is 9.78 Å². The van der Waals surface area contributed by atoms with E-state index in [-0.39, 0.29) is 5.69 Å². The Labute approximate surface area is 134 Å². The van der Waals surface area contributed by atoms with Gasteiger partial charge < -0.3 is 9.84 Å². The first-order valence-corrected chi connectivity index (χ1v) is 7.20. The highest BCUT2D eigenvalue weighted by atomic mass is 16.5. The van der Waals surface area contributed by atoms with Gasteiger partial charge in [0.05, 0.1) is 5.69 Å². The van der Waals surface area contributed by atoms with E-state index >= 15 is 0 Å². The molecule has 0 spiro atoms. The molecule has 3 rings (SSSR count). The van der Waals surface area contributed by atoms with Gasteiger partial charge in [0.15, 0.2) is 0 Å². The van der Waals surface area contributed by atoms with Crippen molar-refractivity contribution in [2.75, 3.05) is 0 Å². The molecule has 1 heterocycles. The summed E-state index contributed by atoms with van der Waals surface area (Å²) in [7, 11) is 0. The number of hydrogen-bond acceptors (Lipinski definition) is 3. The van der Waals surface area contributed by atoms with Gasteiger partial charge in [0.25, 0.3) is 0 Å². The zero-order valence-corrected chi connectivity index (χ0v) is 12.3. The minimum atomic E-state index is -1.03. The van der Waals surface area contributed by atoms with Crippen molar-refractivity contribution in [1.82, 2.24) is 4.98 Å². The van der Waals surface area contributed by atoms with E-state index in [1.165, 1.54) is 6.07 Å². The molecule has 0 amide bonds. The predicted octanol–water partition coefficient (Wildman–Crippen LogP) is 4.03. The Kier molecular flexibility index (Phi) is 4.34. The standard InChI is InChI=1S/C19H15NO3/c21-19(22)18-8-4-7-17(20-18)15-9-11-16(12-10-15)23-13-14-5-2-1-3-6-14/h1-12H,13H2,(H,21,22). The fourth-order valence-corrected chi connectivity index (χ4v) is 2.18. The highest BCUT2D eigenvalue weighted by Crippen LogP contribution is 2.21. The van der Waals surface area contributed by atoms with Gasteiger partial charge in [0.1, 0.15) is 18.1 Å². The molecule has 1 aromatic heterocycles. The molecule has 0 saturated heterocycles. The summed E-state index contributed by atoms with van der Waals surface area (Å²) in [5, 5.41) is 9.00. The molecular weight excluding hydrogens is 290 g/mol. The van der Waals surface area contributed by atoms with Crippen molar-refractivity contribution in [2.24, 2.45) is 0 Å². The molecule has 0 radical (unpaired) electrons. The van der Waals surface area contributed by atoms with Gasteiger partial charge in [-0.05, 0) is 42.0 Å². The van der Waals surface area contributed by atoms with Crippen molar-refractivity contribution >= 4 is 5.97 Å². The van der Waals surface area contributed by atoms with E-state index < -0.39 is 5.97 Å². The molecule has 4 heteroatoms. The molecule has 0 aliphatic carbocycles. The minimum absolute atomic E-state index is 0.0342. The smallest absolute Gasteiger partial charge is 0.354 e. The number of pyridine rings is 1. The zero-order valence-electron chi connectivity index (χ0n) is 12.3. The van der Waals surface area contributed by atoms with Crippen LogP contribution in [0.4, 0.5) is 0 Å². The molecule has 2 aromatic carbocycles. The quantitative estimate of drug-likeness (QED) is 0.773. The molecule has 0 atom stereocenters. The van der Waals surface area contributed by atoms with Gasteiger partial charge in [-0.15, -0.1) is 0 Å². The number of carboxylic acid groups (broad SMARTS) is 1. The van der Waals surface area contributed by atoms with E-state index in [0.29, 0.717) is 12.3 Å². The van der Waals surface area contributed by atoms with Gasteiger partial charge in [0.2, 0.25) is 0 Å². The van der Waals surface area contributed by atoms with Gasteiger partial charge >= 0.3 is 5.97 Å². The zero-order chi connectivity index (χ0) is 16.1. The lowest BCUT2D eigenvalue weighted by atomic mass is 10.1. The minimum Gasteiger partial charge on any atom is -0.489 e. The Morgan fingerprint density at radius 2 is 1.65 bits per heavy atom. The van der Waals surface area contributed by atoms with Crippen LogP contribution in [-0.4, -0.2) is 16.1 Å². The fourth-order valence-electron chi connectivity index (χ4n) is 2.18. The maximum absolute atomic E-state index is 11.0. The summed E-state index contributed by atoms with van der Waals surface area (Å²) in [6.07, 6.45) is 0. The second-order valence-electron chi connectivity index (χ2n) is 5.01. The average Bonchev–Trinajstić information content (AvgIpc) is 2.61. The van der Waals surface area contributed by atoms with Gasteiger partial charge in [-0.1, -0.05) is 36.4 Å². The number of rotatable bonds is 5. The third-order valence-electron chi connectivity index (χ3n) is 3.37. The van der Waals surface area contributed by atoms with E-state index in [0.717, 1.165) is 16.9 Å². The van der Waals surface area contributed by atoms with Gasteiger partial charge in [-0.2, -0.15) is 0 Å². The van der Waals surface area contributed by atoms with Crippen molar-refractivity contribution in [3.05, 3.63) is 84.1 Å². The molecule has 1 N–H and O–H groups in total. The number of benzene rings is 2.